The summed E-state index contributed by atoms with van der Waals surface area (Å²) in [6, 6.07) is 0. The molecule has 0 aliphatic heterocycles. The third-order valence-corrected chi connectivity index (χ3v) is 1.55. The molecule has 6 heteroatoms. The molecule has 1 rings (SSSR count). The van der Waals surface area contributed by atoms with Crippen LogP contribution in [-0.2, 0) is 0 Å². The second kappa shape index (κ2) is 3.18. The summed E-state index contributed by atoms with van der Waals surface area (Å²) in [6.07, 6.45) is 4.98. The highest BCUT2D eigenvalue weighted by atomic mass is 32.1. The highest BCUT2D eigenvalue weighted by molar-refractivity contribution is 6.99. The molecule has 0 aliphatic carbocycles. The molecule has 0 unspecified atom stereocenters. The SMILES string of the molecule is C#CCN(N)c1ns[nH]c1=O. The Hall–Kier alpha value is -1.32. The summed E-state index contributed by atoms with van der Waals surface area (Å²) in [7, 11) is 0. The zero-order valence-corrected chi connectivity index (χ0v) is 6.39. The molecule has 0 spiro atoms. The van der Waals surface area contributed by atoms with Crippen molar-refractivity contribution in [3.63, 3.8) is 0 Å². The van der Waals surface area contributed by atoms with Gasteiger partial charge in [-0.1, -0.05) is 5.92 Å². The first-order chi connectivity index (χ1) is 5.25. The second-order valence-corrected chi connectivity index (χ2v) is 2.34. The molecule has 0 atom stereocenters. The predicted molar refractivity (Wildman–Crippen MR) is 43.1 cm³/mol. The molecule has 0 aliphatic rings. The number of anilines is 1. The van der Waals surface area contributed by atoms with E-state index in [4.69, 9.17) is 12.3 Å². The van der Waals surface area contributed by atoms with E-state index in [-0.39, 0.29) is 17.9 Å². The van der Waals surface area contributed by atoms with Crippen molar-refractivity contribution in [2.24, 2.45) is 5.84 Å². The van der Waals surface area contributed by atoms with Crippen LogP contribution in [-0.4, -0.2) is 15.3 Å². The first kappa shape index (κ1) is 7.78. The molecule has 0 aromatic carbocycles. The fourth-order valence-electron chi connectivity index (χ4n) is 0.551. The Morgan fingerprint density at radius 1 is 1.91 bits per heavy atom. The Morgan fingerprint density at radius 3 is 3.09 bits per heavy atom. The van der Waals surface area contributed by atoms with Crippen molar-refractivity contribution in [2.75, 3.05) is 11.6 Å². The number of nitrogens with two attached hydrogens (primary N) is 1. The van der Waals surface area contributed by atoms with Crippen molar-refractivity contribution >= 4 is 17.5 Å². The summed E-state index contributed by atoms with van der Waals surface area (Å²) in [5, 5.41) is 1.12. The number of aromatic nitrogens is 2. The predicted octanol–water partition coefficient (Wildman–Crippen LogP) is -0.855. The maximum absolute atomic E-state index is 10.8. The summed E-state index contributed by atoms with van der Waals surface area (Å²) in [5.74, 6) is 7.82. The van der Waals surface area contributed by atoms with E-state index < -0.39 is 0 Å². The maximum Gasteiger partial charge on any atom is 0.303 e. The van der Waals surface area contributed by atoms with Gasteiger partial charge < -0.3 is 0 Å². The molecule has 11 heavy (non-hydrogen) atoms. The smallest absolute Gasteiger partial charge is 0.277 e. The lowest BCUT2D eigenvalue weighted by Gasteiger charge is -2.08. The van der Waals surface area contributed by atoms with Gasteiger partial charge >= 0.3 is 5.56 Å². The molecule has 0 saturated heterocycles. The van der Waals surface area contributed by atoms with Crippen LogP contribution >= 0.6 is 11.7 Å². The van der Waals surface area contributed by atoms with E-state index in [1.54, 1.807) is 0 Å². The minimum atomic E-state index is -0.312. The van der Waals surface area contributed by atoms with Gasteiger partial charge in [0, 0.05) is 11.7 Å². The largest absolute Gasteiger partial charge is 0.303 e. The van der Waals surface area contributed by atoms with Gasteiger partial charge in [-0.2, -0.15) is 4.37 Å². The number of nitrogens with zero attached hydrogens (tertiary/aromatic N) is 2. The molecule has 1 aromatic heterocycles. The molecular weight excluding hydrogens is 164 g/mol. The molecule has 0 fully saturated rings. The summed E-state index contributed by atoms with van der Waals surface area (Å²) >= 11 is 0.943. The Balaban J connectivity index is 2.86. The van der Waals surface area contributed by atoms with Crippen LogP contribution in [0.25, 0.3) is 0 Å². The Kier molecular flexibility index (Phi) is 2.25. The van der Waals surface area contributed by atoms with E-state index in [9.17, 15) is 4.79 Å². The Bertz CT molecular complexity index is 322. The third-order valence-electron chi connectivity index (χ3n) is 1.01. The van der Waals surface area contributed by atoms with Crippen LogP contribution in [0.4, 0.5) is 5.82 Å². The highest BCUT2D eigenvalue weighted by Crippen LogP contribution is 1.97. The first-order valence-electron chi connectivity index (χ1n) is 2.75. The lowest BCUT2D eigenvalue weighted by molar-refractivity contribution is 0.928. The summed E-state index contributed by atoms with van der Waals surface area (Å²) in [6.45, 7) is 0.173. The fraction of sp³-hybridized carbons (Fsp3) is 0.200. The van der Waals surface area contributed by atoms with Crippen LogP contribution in [0.2, 0.25) is 0 Å². The minimum Gasteiger partial charge on any atom is -0.277 e. The average Bonchev–Trinajstić information content (AvgIpc) is 2.36. The van der Waals surface area contributed by atoms with Gasteiger partial charge in [-0.3, -0.25) is 14.2 Å². The number of rotatable bonds is 2. The lowest BCUT2D eigenvalue weighted by atomic mass is 10.6. The molecule has 0 amide bonds. The standard InChI is InChI=1S/C5H6N4OS/c1-2-3-9(6)4-5(10)8-11-7-4/h1H,3,6H2,(H,8,10). The number of hydrogen-bond donors (Lipinski definition) is 2. The van der Waals surface area contributed by atoms with Crippen LogP contribution in [0.5, 0.6) is 0 Å². The molecule has 3 N–H and O–H groups in total. The van der Waals surface area contributed by atoms with Crippen LogP contribution in [0.3, 0.4) is 0 Å². The van der Waals surface area contributed by atoms with Crippen molar-refractivity contribution in [3.8, 4) is 12.3 Å². The van der Waals surface area contributed by atoms with E-state index in [2.05, 4.69) is 14.7 Å². The molecule has 5 nitrogen and oxygen atoms in total. The summed E-state index contributed by atoms with van der Waals surface area (Å²) in [4.78, 5) is 10.8. The topological polar surface area (TPSA) is 75.0 Å². The zero-order chi connectivity index (χ0) is 8.27. The van der Waals surface area contributed by atoms with E-state index in [0.717, 1.165) is 16.7 Å². The van der Waals surface area contributed by atoms with Gasteiger partial charge in [0.1, 0.15) is 0 Å². The normalized spacial score (nSPS) is 9.09. The van der Waals surface area contributed by atoms with Crippen LogP contribution < -0.4 is 16.4 Å². The van der Waals surface area contributed by atoms with Gasteiger partial charge in [-0.15, -0.1) is 6.42 Å². The van der Waals surface area contributed by atoms with Crippen molar-refractivity contribution in [3.05, 3.63) is 10.4 Å². The molecule has 1 aromatic rings. The van der Waals surface area contributed by atoms with E-state index in [0.29, 0.717) is 0 Å². The van der Waals surface area contributed by atoms with E-state index in [1.807, 2.05) is 0 Å². The van der Waals surface area contributed by atoms with Gasteiger partial charge in [0.05, 0.1) is 6.54 Å². The van der Waals surface area contributed by atoms with Crippen LogP contribution in [0, 0.1) is 12.3 Å². The highest BCUT2D eigenvalue weighted by Gasteiger charge is 2.06. The van der Waals surface area contributed by atoms with Gasteiger partial charge in [0.25, 0.3) is 0 Å². The van der Waals surface area contributed by atoms with Crippen molar-refractivity contribution in [1.29, 1.82) is 0 Å². The number of aromatic amines is 1. The number of nitrogens with one attached hydrogen (secondary N) is 1. The molecule has 1 heterocycles. The fourth-order valence-corrected chi connectivity index (χ4v) is 1.04. The van der Waals surface area contributed by atoms with Gasteiger partial charge in [0.2, 0.25) is 5.82 Å². The van der Waals surface area contributed by atoms with Crippen LogP contribution in [0.1, 0.15) is 0 Å². The van der Waals surface area contributed by atoms with Crippen molar-refractivity contribution < 1.29 is 0 Å². The Morgan fingerprint density at radius 2 is 2.64 bits per heavy atom. The Labute approximate surface area is 67.1 Å². The van der Waals surface area contributed by atoms with Gasteiger partial charge in [-0.05, 0) is 0 Å². The monoisotopic (exact) mass is 170 g/mol. The minimum absolute atomic E-state index is 0.160. The third kappa shape index (κ3) is 1.58. The molecule has 0 radical (unpaired) electrons. The molecule has 0 saturated carbocycles. The quantitative estimate of drug-likeness (QED) is 0.344. The zero-order valence-electron chi connectivity index (χ0n) is 5.57. The second-order valence-electron chi connectivity index (χ2n) is 1.77. The summed E-state index contributed by atoms with van der Waals surface area (Å²) < 4.78 is 6.11. The van der Waals surface area contributed by atoms with E-state index >= 15 is 0 Å². The number of hydrazine groups is 1. The molecular formula is C5H6N4OS. The molecule has 58 valence electrons. The van der Waals surface area contributed by atoms with Crippen LogP contribution in [0.15, 0.2) is 4.79 Å². The molecule has 0 bridgehead atoms. The maximum atomic E-state index is 10.8. The van der Waals surface area contributed by atoms with Gasteiger partial charge in [-0.25, -0.2) is 5.84 Å². The first-order valence-corrected chi connectivity index (χ1v) is 3.53. The lowest BCUT2D eigenvalue weighted by Crippen LogP contribution is -2.34. The van der Waals surface area contributed by atoms with Crippen molar-refractivity contribution in [2.45, 2.75) is 0 Å². The number of terminal acetylenes is 1. The van der Waals surface area contributed by atoms with E-state index in [1.165, 1.54) is 0 Å². The average molecular weight is 170 g/mol. The summed E-state index contributed by atoms with van der Waals surface area (Å²) in [5.41, 5.74) is -0.312. The van der Waals surface area contributed by atoms with Crippen molar-refractivity contribution in [1.82, 2.24) is 8.75 Å². The van der Waals surface area contributed by atoms with Gasteiger partial charge in [0.15, 0.2) is 0 Å². The number of hydrogen-bond acceptors (Lipinski definition) is 5. The number of H-pyrrole nitrogens is 1.